The van der Waals surface area contributed by atoms with Gasteiger partial charge in [-0.2, -0.15) is 5.10 Å². The molecule has 1 aromatic heterocycles. The number of carbonyl (C=O) groups excluding carboxylic acids is 3. The smallest absolute Gasteiger partial charge is 0.274 e. The van der Waals surface area contributed by atoms with Crippen molar-refractivity contribution in [2.24, 2.45) is 13.0 Å². The van der Waals surface area contributed by atoms with E-state index in [1.165, 1.54) is 0 Å². The van der Waals surface area contributed by atoms with E-state index in [1.54, 1.807) is 22.7 Å². The molecule has 0 aliphatic carbocycles. The van der Waals surface area contributed by atoms with Crippen LogP contribution in [0.5, 0.6) is 0 Å². The minimum atomic E-state index is -0.212. The summed E-state index contributed by atoms with van der Waals surface area (Å²) in [7, 11) is 1.80. The summed E-state index contributed by atoms with van der Waals surface area (Å²) in [5, 5.41) is 10.2. The molecule has 2 aromatic rings. The Bertz CT molecular complexity index is 890. The van der Waals surface area contributed by atoms with Gasteiger partial charge in [-0.25, -0.2) is 0 Å². The lowest BCUT2D eigenvalue weighted by atomic mass is 9.98. The van der Waals surface area contributed by atoms with Gasteiger partial charge in [0.2, 0.25) is 11.8 Å². The molecule has 1 saturated heterocycles. The van der Waals surface area contributed by atoms with Crippen LogP contribution in [-0.4, -0.2) is 52.0 Å². The maximum Gasteiger partial charge on any atom is 0.274 e. The fourth-order valence-corrected chi connectivity index (χ4v) is 3.72. The lowest BCUT2D eigenvalue weighted by Gasteiger charge is -2.22. The summed E-state index contributed by atoms with van der Waals surface area (Å²) >= 11 is 0. The molecular weight excluding hydrogens is 394 g/mol. The summed E-state index contributed by atoms with van der Waals surface area (Å²) in [5.74, 6) is -0.520. The lowest BCUT2D eigenvalue weighted by molar-refractivity contribution is -0.126. The van der Waals surface area contributed by atoms with Crippen molar-refractivity contribution in [2.75, 3.05) is 19.6 Å². The van der Waals surface area contributed by atoms with Crippen LogP contribution < -0.4 is 10.6 Å². The summed E-state index contributed by atoms with van der Waals surface area (Å²) in [6.45, 7) is 3.65. The molecule has 8 heteroatoms. The first kappa shape index (κ1) is 22.5. The SMILES string of the molecule is Cc1cc(C(=O)N2CCCC(C(=O)NCc3ccccc3)CCNC(=O)CC2)nn1C. The number of rotatable bonds is 4. The van der Waals surface area contributed by atoms with Gasteiger partial charge in [-0.3, -0.25) is 19.1 Å². The number of amides is 3. The lowest BCUT2D eigenvalue weighted by Crippen LogP contribution is -2.36. The highest BCUT2D eigenvalue weighted by molar-refractivity contribution is 5.92. The Hall–Kier alpha value is -3.16. The second-order valence-electron chi connectivity index (χ2n) is 8.02. The van der Waals surface area contributed by atoms with E-state index in [0.29, 0.717) is 51.1 Å². The number of hydrogen-bond donors (Lipinski definition) is 2. The van der Waals surface area contributed by atoms with Crippen LogP contribution in [0.25, 0.3) is 0 Å². The molecule has 2 heterocycles. The fraction of sp³-hybridized carbons (Fsp3) is 0.478. The van der Waals surface area contributed by atoms with Crippen molar-refractivity contribution in [3.63, 3.8) is 0 Å². The van der Waals surface area contributed by atoms with Crippen LogP contribution >= 0.6 is 0 Å². The molecule has 0 saturated carbocycles. The van der Waals surface area contributed by atoms with E-state index in [9.17, 15) is 14.4 Å². The van der Waals surface area contributed by atoms with Crippen LogP contribution in [0, 0.1) is 12.8 Å². The molecule has 8 nitrogen and oxygen atoms in total. The van der Waals surface area contributed by atoms with Gasteiger partial charge >= 0.3 is 0 Å². The van der Waals surface area contributed by atoms with E-state index in [2.05, 4.69) is 15.7 Å². The predicted molar refractivity (Wildman–Crippen MR) is 117 cm³/mol. The van der Waals surface area contributed by atoms with Crippen LogP contribution in [0.2, 0.25) is 0 Å². The van der Waals surface area contributed by atoms with Gasteiger partial charge in [0, 0.05) is 51.3 Å². The van der Waals surface area contributed by atoms with E-state index in [4.69, 9.17) is 0 Å². The minimum absolute atomic E-state index is 0.0180. The second-order valence-corrected chi connectivity index (χ2v) is 8.02. The van der Waals surface area contributed by atoms with Crippen LogP contribution in [0.4, 0.5) is 0 Å². The fourth-order valence-electron chi connectivity index (χ4n) is 3.72. The third-order valence-electron chi connectivity index (χ3n) is 5.70. The normalized spacial score (nSPS) is 18.1. The monoisotopic (exact) mass is 425 g/mol. The standard InChI is InChI=1S/C23H31N5O3/c1-17-15-20(26-27(17)2)23(31)28-13-6-9-19(10-12-24-21(29)11-14-28)22(30)25-16-18-7-4-3-5-8-18/h3-5,7-8,15,19H,6,9-14,16H2,1-2H3,(H,24,29)(H,25,30). The van der Waals surface area contributed by atoms with Gasteiger partial charge in [0.05, 0.1) is 0 Å². The van der Waals surface area contributed by atoms with Gasteiger partial charge in [-0.05, 0) is 37.8 Å². The van der Waals surface area contributed by atoms with Crippen LogP contribution in [0.1, 0.15) is 47.4 Å². The number of nitrogens with zero attached hydrogens (tertiary/aromatic N) is 3. The molecule has 1 aliphatic heterocycles. The van der Waals surface area contributed by atoms with Crippen molar-refractivity contribution < 1.29 is 14.4 Å². The zero-order chi connectivity index (χ0) is 22.2. The molecule has 0 bridgehead atoms. The van der Waals surface area contributed by atoms with E-state index in [-0.39, 0.29) is 30.1 Å². The number of aryl methyl sites for hydroxylation is 2. The molecular formula is C23H31N5O3. The Labute approximate surface area is 183 Å². The van der Waals surface area contributed by atoms with Crippen LogP contribution in [0.15, 0.2) is 36.4 Å². The molecule has 1 unspecified atom stereocenters. The topological polar surface area (TPSA) is 96.3 Å². The zero-order valence-electron chi connectivity index (χ0n) is 18.3. The molecule has 0 radical (unpaired) electrons. The first-order valence-corrected chi connectivity index (χ1v) is 10.8. The quantitative estimate of drug-likeness (QED) is 0.781. The molecule has 1 aliphatic rings. The number of hydrogen-bond acceptors (Lipinski definition) is 4. The summed E-state index contributed by atoms with van der Waals surface area (Å²) in [6, 6.07) is 11.5. The number of carbonyl (C=O) groups is 3. The van der Waals surface area contributed by atoms with Crippen molar-refractivity contribution >= 4 is 17.7 Å². The zero-order valence-corrected chi connectivity index (χ0v) is 18.3. The second kappa shape index (κ2) is 10.7. The van der Waals surface area contributed by atoms with Gasteiger partial charge in [0.25, 0.3) is 5.91 Å². The maximum absolute atomic E-state index is 12.9. The largest absolute Gasteiger partial charge is 0.356 e. The van der Waals surface area contributed by atoms with E-state index < -0.39 is 0 Å². The van der Waals surface area contributed by atoms with Crippen molar-refractivity contribution in [1.82, 2.24) is 25.3 Å². The number of nitrogens with one attached hydrogen (secondary N) is 2. The molecule has 0 spiro atoms. The van der Waals surface area contributed by atoms with Crippen LogP contribution in [0.3, 0.4) is 0 Å². The van der Waals surface area contributed by atoms with Crippen molar-refractivity contribution in [1.29, 1.82) is 0 Å². The summed E-state index contributed by atoms with van der Waals surface area (Å²) in [5.41, 5.74) is 2.32. The molecule has 2 N–H and O–H groups in total. The first-order valence-electron chi connectivity index (χ1n) is 10.8. The highest BCUT2D eigenvalue weighted by Gasteiger charge is 2.23. The third-order valence-corrected chi connectivity index (χ3v) is 5.70. The summed E-state index contributed by atoms with van der Waals surface area (Å²) in [6.07, 6.45) is 2.17. The molecule has 3 rings (SSSR count). The van der Waals surface area contributed by atoms with Gasteiger partial charge in [0.1, 0.15) is 0 Å². The Balaban J connectivity index is 1.62. The van der Waals surface area contributed by atoms with Gasteiger partial charge in [-0.15, -0.1) is 0 Å². The Morgan fingerprint density at radius 1 is 1.19 bits per heavy atom. The molecule has 1 fully saturated rings. The highest BCUT2D eigenvalue weighted by atomic mass is 16.2. The maximum atomic E-state index is 12.9. The average molecular weight is 426 g/mol. The van der Waals surface area contributed by atoms with Crippen molar-refractivity contribution in [3.05, 3.63) is 53.3 Å². The molecule has 3 amide bonds. The Morgan fingerprint density at radius 2 is 1.97 bits per heavy atom. The Kier molecular flexibility index (Phi) is 7.81. The predicted octanol–water partition coefficient (Wildman–Crippen LogP) is 1.79. The van der Waals surface area contributed by atoms with E-state index >= 15 is 0 Å². The molecule has 1 aromatic carbocycles. The summed E-state index contributed by atoms with van der Waals surface area (Å²) < 4.78 is 1.67. The first-order chi connectivity index (χ1) is 14.9. The molecule has 166 valence electrons. The number of aromatic nitrogens is 2. The third kappa shape index (κ3) is 6.41. The van der Waals surface area contributed by atoms with Crippen molar-refractivity contribution in [3.8, 4) is 0 Å². The van der Waals surface area contributed by atoms with Gasteiger partial charge < -0.3 is 15.5 Å². The van der Waals surface area contributed by atoms with E-state index in [1.807, 2.05) is 37.3 Å². The average Bonchev–Trinajstić information content (AvgIpc) is 3.09. The van der Waals surface area contributed by atoms with Gasteiger partial charge in [0.15, 0.2) is 5.69 Å². The van der Waals surface area contributed by atoms with Gasteiger partial charge in [-0.1, -0.05) is 30.3 Å². The minimum Gasteiger partial charge on any atom is -0.356 e. The highest BCUT2D eigenvalue weighted by Crippen LogP contribution is 2.15. The molecule has 31 heavy (non-hydrogen) atoms. The summed E-state index contributed by atoms with van der Waals surface area (Å²) in [4.78, 5) is 39.6. The van der Waals surface area contributed by atoms with Crippen molar-refractivity contribution in [2.45, 2.75) is 39.2 Å². The van der Waals surface area contributed by atoms with E-state index in [0.717, 1.165) is 11.3 Å². The number of benzene rings is 1. The Morgan fingerprint density at radius 3 is 2.68 bits per heavy atom. The van der Waals surface area contributed by atoms with Crippen LogP contribution in [-0.2, 0) is 23.2 Å². The molecule has 1 atom stereocenters.